The van der Waals surface area contributed by atoms with Crippen molar-refractivity contribution < 1.29 is 14.4 Å². The number of aryl methyl sites for hydroxylation is 1. The Bertz CT molecular complexity index is 686. The second kappa shape index (κ2) is 10.2. The van der Waals surface area contributed by atoms with Gasteiger partial charge in [0.05, 0.1) is 6.33 Å². The van der Waals surface area contributed by atoms with Crippen molar-refractivity contribution in [1.29, 1.82) is 0 Å². The van der Waals surface area contributed by atoms with E-state index in [-0.39, 0.29) is 17.7 Å². The summed E-state index contributed by atoms with van der Waals surface area (Å²) >= 11 is 0. The van der Waals surface area contributed by atoms with Crippen LogP contribution in [0.3, 0.4) is 0 Å². The van der Waals surface area contributed by atoms with Crippen LogP contribution in [-0.4, -0.2) is 82.5 Å². The number of amides is 4. The molecule has 3 heterocycles. The van der Waals surface area contributed by atoms with Gasteiger partial charge in [0.15, 0.2) is 0 Å². The third kappa shape index (κ3) is 5.93. The molecule has 0 spiro atoms. The third-order valence-electron chi connectivity index (χ3n) is 5.71. The smallest absolute Gasteiger partial charge is 0.314 e. The van der Waals surface area contributed by atoms with E-state index in [2.05, 4.69) is 15.6 Å². The number of hydrogen-bond acceptors (Lipinski definition) is 5. The fourth-order valence-electron chi connectivity index (χ4n) is 3.97. The molecule has 1 aromatic rings. The minimum absolute atomic E-state index is 0.0163. The summed E-state index contributed by atoms with van der Waals surface area (Å²) in [5, 5.41) is 6.17. The van der Waals surface area contributed by atoms with Gasteiger partial charge in [0.2, 0.25) is 11.8 Å². The van der Waals surface area contributed by atoms with Crippen LogP contribution in [0.25, 0.3) is 0 Å². The molecule has 1 aromatic heterocycles. The van der Waals surface area contributed by atoms with Crippen LogP contribution in [0, 0.1) is 5.92 Å². The Hall–Kier alpha value is -2.62. The van der Waals surface area contributed by atoms with Crippen LogP contribution in [0.15, 0.2) is 18.7 Å². The van der Waals surface area contributed by atoms with Gasteiger partial charge in [-0.1, -0.05) is 0 Å². The number of carbonyl (C=O) groups is 3. The van der Waals surface area contributed by atoms with E-state index >= 15 is 0 Å². The molecule has 2 aliphatic rings. The summed E-state index contributed by atoms with van der Waals surface area (Å²) in [5.74, 6) is 0.134. The molecule has 2 saturated heterocycles. The first-order chi connectivity index (χ1) is 14.0. The molecule has 3 rings (SSSR count). The minimum atomic E-state index is -0.477. The molecule has 0 saturated carbocycles. The van der Waals surface area contributed by atoms with Crippen LogP contribution >= 0.6 is 0 Å². The number of nitrogens with zero attached hydrogens (tertiary/aromatic N) is 4. The van der Waals surface area contributed by atoms with Gasteiger partial charge in [-0.05, 0) is 25.2 Å². The van der Waals surface area contributed by atoms with Crippen molar-refractivity contribution in [1.82, 2.24) is 30.0 Å². The van der Waals surface area contributed by atoms with Gasteiger partial charge in [0.1, 0.15) is 6.04 Å². The quantitative estimate of drug-likeness (QED) is 0.521. The Morgan fingerprint density at radius 2 is 2.00 bits per heavy atom. The fourth-order valence-corrected chi connectivity index (χ4v) is 3.97. The van der Waals surface area contributed by atoms with Gasteiger partial charge in [-0.15, -0.1) is 0 Å². The van der Waals surface area contributed by atoms with Gasteiger partial charge in [0, 0.05) is 64.6 Å². The molecule has 0 aromatic carbocycles. The number of piperidine rings is 1. The number of nitrogens with one attached hydrogen (secondary N) is 2. The van der Waals surface area contributed by atoms with Crippen molar-refractivity contribution in [2.45, 2.75) is 38.3 Å². The number of primary amides is 1. The second-order valence-electron chi connectivity index (χ2n) is 7.72. The molecule has 2 fully saturated rings. The van der Waals surface area contributed by atoms with Crippen molar-refractivity contribution in [3.8, 4) is 0 Å². The first kappa shape index (κ1) is 21.1. The predicted molar refractivity (Wildman–Crippen MR) is 107 cm³/mol. The number of nitrogens with two attached hydrogens (primary N) is 1. The van der Waals surface area contributed by atoms with E-state index < -0.39 is 12.1 Å². The molecule has 0 aliphatic carbocycles. The summed E-state index contributed by atoms with van der Waals surface area (Å²) in [6.07, 6.45) is 8.12. The molecule has 10 nitrogen and oxygen atoms in total. The van der Waals surface area contributed by atoms with Crippen LogP contribution < -0.4 is 16.4 Å². The highest BCUT2D eigenvalue weighted by Gasteiger charge is 2.33. The summed E-state index contributed by atoms with van der Waals surface area (Å²) in [7, 11) is 0. The number of hydrogen-bond donors (Lipinski definition) is 3. The number of imidazole rings is 1. The summed E-state index contributed by atoms with van der Waals surface area (Å²) in [4.78, 5) is 44.1. The maximum Gasteiger partial charge on any atom is 0.314 e. The molecule has 4 N–H and O–H groups in total. The van der Waals surface area contributed by atoms with E-state index in [1.807, 2.05) is 10.8 Å². The van der Waals surface area contributed by atoms with E-state index in [4.69, 9.17) is 5.73 Å². The molecular formula is C19H31N7O3. The van der Waals surface area contributed by atoms with Crippen molar-refractivity contribution in [3.05, 3.63) is 18.7 Å². The molecule has 1 atom stereocenters. The molecule has 2 aliphatic heterocycles. The first-order valence-corrected chi connectivity index (χ1v) is 10.3. The molecule has 1 unspecified atom stereocenters. The molecule has 4 amide bonds. The zero-order valence-corrected chi connectivity index (χ0v) is 16.8. The van der Waals surface area contributed by atoms with Crippen molar-refractivity contribution in [3.63, 3.8) is 0 Å². The second-order valence-corrected chi connectivity index (χ2v) is 7.72. The van der Waals surface area contributed by atoms with Crippen molar-refractivity contribution >= 4 is 17.8 Å². The molecule has 10 heteroatoms. The minimum Gasteiger partial charge on any atom is -0.354 e. The molecule has 0 radical (unpaired) electrons. The Morgan fingerprint density at radius 3 is 2.69 bits per heavy atom. The number of urea groups is 1. The van der Waals surface area contributed by atoms with Gasteiger partial charge >= 0.3 is 6.03 Å². The van der Waals surface area contributed by atoms with Crippen LogP contribution in [-0.2, 0) is 16.1 Å². The number of likely N-dealkylation sites (tertiary alicyclic amines) is 1. The van der Waals surface area contributed by atoms with Crippen molar-refractivity contribution in [2.75, 3.05) is 39.3 Å². The highest BCUT2D eigenvalue weighted by atomic mass is 16.2. The van der Waals surface area contributed by atoms with E-state index in [0.717, 1.165) is 25.8 Å². The standard InChI is InChI=1S/C19H31N7O3/c20-19(29)25-8-2-15(3-9-25)12-17(27)26-11-6-21-13-16(26)18(28)23-4-1-7-24-10-5-22-14-24/h5,10,14-16,21H,1-4,6-9,11-13H2,(H2,20,29)(H,23,28). The Kier molecular flexibility index (Phi) is 7.45. The fraction of sp³-hybridized carbons (Fsp3) is 0.684. The number of aromatic nitrogens is 2. The number of carbonyl (C=O) groups excluding carboxylic acids is 3. The van der Waals surface area contributed by atoms with Crippen LogP contribution in [0.5, 0.6) is 0 Å². The normalized spacial score (nSPS) is 20.5. The van der Waals surface area contributed by atoms with Crippen molar-refractivity contribution in [2.24, 2.45) is 11.7 Å². The average Bonchev–Trinajstić information content (AvgIpc) is 3.25. The molecule has 160 valence electrons. The Balaban J connectivity index is 1.44. The SMILES string of the molecule is NC(=O)N1CCC(CC(=O)N2CCNCC2C(=O)NCCCn2ccnc2)CC1. The van der Waals surface area contributed by atoms with Crippen LogP contribution in [0.4, 0.5) is 4.79 Å². The zero-order chi connectivity index (χ0) is 20.6. The topological polar surface area (TPSA) is 126 Å². The summed E-state index contributed by atoms with van der Waals surface area (Å²) in [6.45, 7) is 4.23. The lowest BCUT2D eigenvalue weighted by atomic mass is 9.92. The lowest BCUT2D eigenvalue weighted by Gasteiger charge is -2.37. The molecular weight excluding hydrogens is 374 g/mol. The lowest BCUT2D eigenvalue weighted by Crippen LogP contribution is -2.60. The van der Waals surface area contributed by atoms with Gasteiger partial charge in [0.25, 0.3) is 0 Å². The Labute approximate surface area is 170 Å². The lowest BCUT2D eigenvalue weighted by molar-refractivity contribution is -0.142. The maximum atomic E-state index is 12.9. The monoisotopic (exact) mass is 405 g/mol. The highest BCUT2D eigenvalue weighted by molar-refractivity contribution is 5.88. The van der Waals surface area contributed by atoms with E-state index in [0.29, 0.717) is 45.7 Å². The molecule has 0 bridgehead atoms. The first-order valence-electron chi connectivity index (χ1n) is 10.3. The van der Waals surface area contributed by atoms with E-state index in [9.17, 15) is 14.4 Å². The van der Waals surface area contributed by atoms with E-state index in [1.54, 1.807) is 22.3 Å². The van der Waals surface area contributed by atoms with Gasteiger partial charge in [-0.25, -0.2) is 9.78 Å². The third-order valence-corrected chi connectivity index (χ3v) is 5.71. The predicted octanol–water partition coefficient (Wildman–Crippen LogP) is -0.629. The van der Waals surface area contributed by atoms with E-state index in [1.165, 1.54) is 0 Å². The number of rotatable bonds is 7. The maximum absolute atomic E-state index is 12.9. The summed E-state index contributed by atoms with van der Waals surface area (Å²) in [6, 6.07) is -0.878. The average molecular weight is 406 g/mol. The van der Waals surface area contributed by atoms with Gasteiger partial charge in [-0.3, -0.25) is 9.59 Å². The summed E-state index contributed by atoms with van der Waals surface area (Å²) in [5.41, 5.74) is 5.32. The van der Waals surface area contributed by atoms with Crippen LogP contribution in [0.2, 0.25) is 0 Å². The van der Waals surface area contributed by atoms with Crippen LogP contribution in [0.1, 0.15) is 25.7 Å². The number of piperazine rings is 1. The highest BCUT2D eigenvalue weighted by Crippen LogP contribution is 2.22. The van der Waals surface area contributed by atoms with Gasteiger partial charge in [-0.2, -0.15) is 0 Å². The largest absolute Gasteiger partial charge is 0.354 e. The van der Waals surface area contributed by atoms with Gasteiger partial charge < -0.3 is 30.7 Å². The summed E-state index contributed by atoms with van der Waals surface area (Å²) < 4.78 is 1.97. The zero-order valence-electron chi connectivity index (χ0n) is 16.8. The Morgan fingerprint density at radius 1 is 1.21 bits per heavy atom. The molecule has 29 heavy (non-hydrogen) atoms.